The summed E-state index contributed by atoms with van der Waals surface area (Å²) in [5, 5.41) is 12.4. The predicted molar refractivity (Wildman–Crippen MR) is 89.6 cm³/mol. The van der Waals surface area contributed by atoms with E-state index in [0.717, 1.165) is 22.7 Å². The molecule has 1 unspecified atom stereocenters. The molecular formula is C17H16N4OS. The zero-order chi connectivity index (χ0) is 15.6. The Morgan fingerprint density at radius 1 is 1.22 bits per heavy atom. The summed E-state index contributed by atoms with van der Waals surface area (Å²) in [5.74, 6) is 0.0456. The first-order chi connectivity index (χ1) is 11.3. The van der Waals surface area contributed by atoms with Crippen LogP contribution in [0.5, 0.6) is 0 Å². The monoisotopic (exact) mass is 324 g/mol. The van der Waals surface area contributed by atoms with Gasteiger partial charge in [0.15, 0.2) is 0 Å². The fourth-order valence-corrected chi connectivity index (χ4v) is 3.67. The maximum absolute atomic E-state index is 12.0. The number of carbonyl (C=O) groups excluding carboxylic acids is 1. The Balaban J connectivity index is 1.65. The fourth-order valence-electron chi connectivity index (χ4n) is 2.93. The molecule has 0 bridgehead atoms. The van der Waals surface area contributed by atoms with Crippen molar-refractivity contribution in [2.45, 2.75) is 12.7 Å². The van der Waals surface area contributed by atoms with Gasteiger partial charge in [-0.25, -0.2) is 0 Å². The van der Waals surface area contributed by atoms with Gasteiger partial charge in [0.05, 0.1) is 23.3 Å². The first kappa shape index (κ1) is 14.2. The molecule has 2 N–H and O–H groups in total. The molecule has 1 aliphatic rings. The van der Waals surface area contributed by atoms with Gasteiger partial charge in [0.2, 0.25) is 5.91 Å². The van der Waals surface area contributed by atoms with E-state index in [0.29, 0.717) is 6.54 Å². The van der Waals surface area contributed by atoms with Crippen LogP contribution in [0, 0.1) is 0 Å². The molecule has 1 amide bonds. The van der Waals surface area contributed by atoms with Gasteiger partial charge in [-0.3, -0.25) is 14.8 Å². The van der Waals surface area contributed by atoms with E-state index in [1.54, 1.807) is 11.3 Å². The highest BCUT2D eigenvalue weighted by Gasteiger charge is 2.33. The van der Waals surface area contributed by atoms with Crippen molar-refractivity contribution >= 4 is 17.2 Å². The van der Waals surface area contributed by atoms with Crippen molar-refractivity contribution in [3.05, 3.63) is 65.2 Å². The number of nitrogens with zero attached hydrogens (tertiary/aromatic N) is 2. The summed E-state index contributed by atoms with van der Waals surface area (Å²) in [6.07, 6.45) is 1.65. The molecule has 0 spiro atoms. The average molecular weight is 324 g/mol. The Kier molecular flexibility index (Phi) is 3.69. The quantitative estimate of drug-likeness (QED) is 0.776. The molecule has 5 nitrogen and oxygen atoms in total. The number of rotatable bonds is 4. The lowest BCUT2D eigenvalue weighted by Gasteiger charge is -2.23. The van der Waals surface area contributed by atoms with Crippen molar-refractivity contribution < 1.29 is 4.79 Å². The summed E-state index contributed by atoms with van der Waals surface area (Å²) in [7, 11) is 0. The zero-order valence-electron chi connectivity index (χ0n) is 12.4. The maximum Gasteiger partial charge on any atom is 0.235 e. The second kappa shape index (κ2) is 5.98. The third-order valence-electron chi connectivity index (χ3n) is 3.97. The smallest absolute Gasteiger partial charge is 0.235 e. The standard InChI is InChI=1S/C17H16N4OS/c22-15-11-21(10-12-5-2-1-3-6-12)17(19-15)13-9-18-20-16(13)14-7-4-8-23-14/h1-9,17H,10-11H2,(H,18,20)(H,19,22). The summed E-state index contributed by atoms with van der Waals surface area (Å²) >= 11 is 1.66. The largest absolute Gasteiger partial charge is 0.335 e. The number of amides is 1. The van der Waals surface area contributed by atoms with Crippen LogP contribution < -0.4 is 5.32 Å². The molecule has 116 valence electrons. The Morgan fingerprint density at radius 2 is 2.09 bits per heavy atom. The Labute approximate surface area is 138 Å². The SMILES string of the molecule is O=C1CN(Cc2ccccc2)C(c2cn[nH]c2-c2cccs2)N1. The lowest BCUT2D eigenvalue weighted by Crippen LogP contribution is -2.27. The second-order valence-electron chi connectivity index (χ2n) is 5.54. The molecule has 4 rings (SSSR count). The van der Waals surface area contributed by atoms with Crippen LogP contribution in [0.15, 0.2) is 54.0 Å². The summed E-state index contributed by atoms with van der Waals surface area (Å²) in [4.78, 5) is 15.2. The van der Waals surface area contributed by atoms with Crippen LogP contribution in [0.25, 0.3) is 10.6 Å². The average Bonchev–Trinajstić information content (AvgIpc) is 3.27. The molecule has 0 saturated carbocycles. The number of hydrogen-bond acceptors (Lipinski definition) is 4. The van der Waals surface area contributed by atoms with Gasteiger partial charge in [-0.05, 0) is 17.0 Å². The van der Waals surface area contributed by atoms with E-state index < -0.39 is 0 Å². The number of nitrogens with one attached hydrogen (secondary N) is 2. The van der Waals surface area contributed by atoms with Gasteiger partial charge in [-0.15, -0.1) is 11.3 Å². The molecule has 1 atom stereocenters. The Hall–Kier alpha value is -2.44. The molecule has 1 saturated heterocycles. The molecule has 3 heterocycles. The minimum atomic E-state index is -0.154. The van der Waals surface area contributed by atoms with Crippen LogP contribution in [0.2, 0.25) is 0 Å². The predicted octanol–water partition coefficient (Wildman–Crippen LogP) is 2.77. The summed E-state index contributed by atoms with van der Waals surface area (Å²) < 4.78 is 0. The van der Waals surface area contributed by atoms with Crippen molar-refractivity contribution in [1.29, 1.82) is 0 Å². The molecule has 2 aromatic heterocycles. The van der Waals surface area contributed by atoms with Crippen LogP contribution in [-0.4, -0.2) is 27.5 Å². The summed E-state index contributed by atoms with van der Waals surface area (Å²) in [6.45, 7) is 1.12. The van der Waals surface area contributed by atoms with Gasteiger partial charge < -0.3 is 5.32 Å². The van der Waals surface area contributed by atoms with Crippen molar-refractivity contribution in [2.24, 2.45) is 0 Å². The number of aromatic nitrogens is 2. The van der Waals surface area contributed by atoms with Gasteiger partial charge in [0, 0.05) is 12.1 Å². The summed E-state index contributed by atoms with van der Waals surface area (Å²) in [6, 6.07) is 14.3. The van der Waals surface area contributed by atoms with E-state index in [4.69, 9.17) is 0 Å². The van der Waals surface area contributed by atoms with Crippen molar-refractivity contribution in [1.82, 2.24) is 20.4 Å². The highest BCUT2D eigenvalue weighted by atomic mass is 32.1. The van der Waals surface area contributed by atoms with E-state index in [9.17, 15) is 4.79 Å². The fraction of sp³-hybridized carbons (Fsp3) is 0.176. The minimum Gasteiger partial charge on any atom is -0.335 e. The Morgan fingerprint density at radius 3 is 2.87 bits per heavy atom. The van der Waals surface area contributed by atoms with Crippen LogP contribution in [0.4, 0.5) is 0 Å². The van der Waals surface area contributed by atoms with Crippen LogP contribution >= 0.6 is 11.3 Å². The van der Waals surface area contributed by atoms with E-state index in [1.165, 1.54) is 5.56 Å². The first-order valence-corrected chi connectivity index (χ1v) is 8.34. The number of hydrogen-bond donors (Lipinski definition) is 2. The highest BCUT2D eigenvalue weighted by Crippen LogP contribution is 2.33. The van der Waals surface area contributed by atoms with Gasteiger partial charge in [0.1, 0.15) is 6.17 Å². The normalized spacial score (nSPS) is 18.3. The number of benzene rings is 1. The molecule has 0 radical (unpaired) electrons. The topological polar surface area (TPSA) is 61.0 Å². The van der Waals surface area contributed by atoms with Gasteiger partial charge >= 0.3 is 0 Å². The number of aromatic amines is 1. The van der Waals surface area contributed by atoms with E-state index in [2.05, 4.69) is 38.6 Å². The van der Waals surface area contributed by atoms with Gasteiger partial charge in [0.25, 0.3) is 0 Å². The molecular weight excluding hydrogens is 308 g/mol. The van der Waals surface area contributed by atoms with Crippen molar-refractivity contribution in [3.63, 3.8) is 0 Å². The molecule has 0 aliphatic carbocycles. The first-order valence-electron chi connectivity index (χ1n) is 7.46. The van der Waals surface area contributed by atoms with Crippen molar-refractivity contribution in [3.8, 4) is 10.6 Å². The van der Waals surface area contributed by atoms with Gasteiger partial charge in [-0.1, -0.05) is 36.4 Å². The van der Waals surface area contributed by atoms with E-state index in [-0.39, 0.29) is 12.1 Å². The van der Waals surface area contributed by atoms with Gasteiger partial charge in [-0.2, -0.15) is 5.10 Å². The third-order valence-corrected chi connectivity index (χ3v) is 4.86. The Bertz CT molecular complexity index is 797. The number of H-pyrrole nitrogens is 1. The maximum atomic E-state index is 12.0. The van der Waals surface area contributed by atoms with E-state index >= 15 is 0 Å². The molecule has 6 heteroatoms. The zero-order valence-corrected chi connectivity index (χ0v) is 13.2. The second-order valence-corrected chi connectivity index (χ2v) is 6.49. The number of carbonyl (C=O) groups is 1. The third kappa shape index (κ3) is 2.78. The lowest BCUT2D eigenvalue weighted by atomic mass is 10.1. The molecule has 23 heavy (non-hydrogen) atoms. The molecule has 3 aromatic rings. The minimum absolute atomic E-state index is 0.0456. The van der Waals surface area contributed by atoms with Crippen LogP contribution in [0.1, 0.15) is 17.3 Å². The summed E-state index contributed by atoms with van der Waals surface area (Å²) in [5.41, 5.74) is 3.18. The molecule has 1 aliphatic heterocycles. The molecule has 1 aromatic carbocycles. The van der Waals surface area contributed by atoms with E-state index in [1.807, 2.05) is 35.8 Å². The molecule has 1 fully saturated rings. The van der Waals surface area contributed by atoms with Crippen LogP contribution in [-0.2, 0) is 11.3 Å². The highest BCUT2D eigenvalue weighted by molar-refractivity contribution is 7.13. The van der Waals surface area contributed by atoms with Crippen LogP contribution in [0.3, 0.4) is 0 Å². The lowest BCUT2D eigenvalue weighted by molar-refractivity contribution is -0.118. The number of thiophene rings is 1. The van der Waals surface area contributed by atoms with Crippen molar-refractivity contribution in [2.75, 3.05) is 6.54 Å².